The molecule has 190 valence electrons. The van der Waals surface area contributed by atoms with Crippen molar-refractivity contribution >= 4 is 23.2 Å². The summed E-state index contributed by atoms with van der Waals surface area (Å²) in [5.41, 5.74) is 1.01. The van der Waals surface area contributed by atoms with Crippen LogP contribution in [0.2, 0.25) is 5.15 Å². The summed E-state index contributed by atoms with van der Waals surface area (Å²) in [4.78, 5) is 7.17. The fraction of sp³-hybridized carbons (Fsp3) is 0.520. The molecule has 7 nitrogen and oxygen atoms in total. The van der Waals surface area contributed by atoms with Gasteiger partial charge in [-0.2, -0.15) is 23.3 Å². The minimum Gasteiger partial charge on any atom is -0.369 e. The van der Waals surface area contributed by atoms with Crippen molar-refractivity contribution in [2.24, 2.45) is 11.8 Å². The van der Waals surface area contributed by atoms with Crippen LogP contribution in [0, 0.1) is 11.8 Å². The van der Waals surface area contributed by atoms with Gasteiger partial charge in [0, 0.05) is 37.7 Å². The average molecular weight is 518 g/mol. The zero-order valence-corrected chi connectivity index (χ0v) is 20.4. The number of benzene rings is 1. The van der Waals surface area contributed by atoms with Crippen molar-refractivity contribution < 1.29 is 13.2 Å². The van der Waals surface area contributed by atoms with Crippen molar-refractivity contribution in [3.05, 3.63) is 58.6 Å². The largest absolute Gasteiger partial charge is 0.416 e. The minimum absolute atomic E-state index is 0.208. The summed E-state index contributed by atoms with van der Waals surface area (Å²) in [5.74, 6) is 1.97. The molecule has 36 heavy (non-hydrogen) atoms. The summed E-state index contributed by atoms with van der Waals surface area (Å²) in [6, 6.07) is 7.75. The fourth-order valence-electron chi connectivity index (χ4n) is 6.15. The van der Waals surface area contributed by atoms with Crippen LogP contribution in [0.5, 0.6) is 0 Å². The summed E-state index contributed by atoms with van der Waals surface area (Å²) in [7, 11) is 0. The molecule has 1 N–H and O–H groups in total. The Bertz CT molecular complexity index is 1230. The molecule has 4 atom stereocenters. The molecule has 0 spiro atoms. The number of nitrogens with zero attached hydrogens (tertiary/aromatic N) is 6. The fourth-order valence-corrected chi connectivity index (χ4v) is 6.30. The number of hydrogen-bond donors (Lipinski definition) is 1. The second kappa shape index (κ2) is 9.21. The van der Waals surface area contributed by atoms with Crippen molar-refractivity contribution in [3.63, 3.8) is 0 Å². The first-order chi connectivity index (χ1) is 17.3. The molecule has 0 radical (unpaired) electrons. The number of aryl methyl sites for hydroxylation is 1. The Morgan fingerprint density at radius 1 is 1.03 bits per heavy atom. The van der Waals surface area contributed by atoms with Crippen molar-refractivity contribution in [1.82, 2.24) is 25.0 Å². The number of anilines is 2. The third kappa shape index (κ3) is 4.51. The zero-order chi connectivity index (χ0) is 24.9. The minimum atomic E-state index is -4.37. The SMILES string of the molecule is FC(F)(F)c1cccc([C@@H]2CCCCn3nc(NC4[C@@H]5CC[C@H]4CN(c4cnnc(Cl)c4)C5)nc32)c1. The molecule has 3 aliphatic rings. The van der Waals surface area contributed by atoms with E-state index in [1.807, 2.05) is 10.7 Å². The number of piperidine rings is 1. The lowest BCUT2D eigenvalue weighted by Crippen LogP contribution is -2.48. The lowest BCUT2D eigenvalue weighted by atomic mass is 9.92. The lowest BCUT2D eigenvalue weighted by molar-refractivity contribution is -0.137. The predicted molar refractivity (Wildman–Crippen MR) is 130 cm³/mol. The van der Waals surface area contributed by atoms with Gasteiger partial charge in [-0.1, -0.05) is 36.2 Å². The van der Waals surface area contributed by atoms with Gasteiger partial charge in [0.2, 0.25) is 5.95 Å². The number of hydrogen-bond acceptors (Lipinski definition) is 6. The molecular formula is C25H27ClF3N7. The number of aromatic nitrogens is 5. The van der Waals surface area contributed by atoms with Crippen LogP contribution in [0.1, 0.15) is 55.0 Å². The van der Waals surface area contributed by atoms with Gasteiger partial charge in [0.25, 0.3) is 0 Å². The number of alkyl halides is 3. The molecule has 2 fully saturated rings. The Hall–Kier alpha value is -2.88. The highest BCUT2D eigenvalue weighted by Crippen LogP contribution is 2.41. The van der Waals surface area contributed by atoms with Crippen LogP contribution in [-0.2, 0) is 12.7 Å². The van der Waals surface area contributed by atoms with E-state index in [1.54, 1.807) is 12.3 Å². The van der Waals surface area contributed by atoms with Crippen LogP contribution in [-0.4, -0.2) is 44.1 Å². The number of halogens is 4. The Labute approximate surface area is 212 Å². The zero-order valence-electron chi connectivity index (χ0n) is 19.6. The molecule has 2 aromatic heterocycles. The Morgan fingerprint density at radius 2 is 1.83 bits per heavy atom. The molecule has 1 aromatic carbocycles. The molecule has 2 aliphatic heterocycles. The van der Waals surface area contributed by atoms with Gasteiger partial charge in [-0.15, -0.1) is 10.2 Å². The van der Waals surface area contributed by atoms with Crippen molar-refractivity contribution in [3.8, 4) is 0 Å². The van der Waals surface area contributed by atoms with E-state index in [0.717, 1.165) is 69.3 Å². The summed E-state index contributed by atoms with van der Waals surface area (Å²) in [6.07, 6.45) is 2.22. The molecule has 1 saturated carbocycles. The van der Waals surface area contributed by atoms with E-state index in [2.05, 4.69) is 20.4 Å². The summed E-state index contributed by atoms with van der Waals surface area (Å²) >= 11 is 6.05. The predicted octanol–water partition coefficient (Wildman–Crippen LogP) is 5.38. The van der Waals surface area contributed by atoms with Gasteiger partial charge in [-0.05, 0) is 49.1 Å². The van der Waals surface area contributed by atoms with Crippen LogP contribution >= 0.6 is 11.6 Å². The van der Waals surface area contributed by atoms with Crippen LogP contribution in [0.25, 0.3) is 0 Å². The van der Waals surface area contributed by atoms with Gasteiger partial charge in [-0.25, -0.2) is 4.68 Å². The first kappa shape index (κ1) is 23.5. The molecule has 3 aromatic rings. The maximum absolute atomic E-state index is 13.4. The van der Waals surface area contributed by atoms with Gasteiger partial charge in [0.05, 0.1) is 17.4 Å². The van der Waals surface area contributed by atoms with E-state index in [1.165, 1.54) is 12.1 Å². The molecular weight excluding hydrogens is 491 g/mol. The van der Waals surface area contributed by atoms with Crippen LogP contribution in [0.3, 0.4) is 0 Å². The molecule has 1 aliphatic carbocycles. The van der Waals surface area contributed by atoms with E-state index in [-0.39, 0.29) is 12.0 Å². The molecule has 4 heterocycles. The highest BCUT2D eigenvalue weighted by molar-refractivity contribution is 6.29. The molecule has 11 heteroatoms. The first-order valence-corrected chi connectivity index (χ1v) is 12.8. The maximum Gasteiger partial charge on any atom is 0.416 e. The van der Waals surface area contributed by atoms with Crippen molar-refractivity contribution in [1.29, 1.82) is 0 Å². The number of nitrogens with one attached hydrogen (secondary N) is 1. The van der Waals surface area contributed by atoms with E-state index in [0.29, 0.717) is 28.5 Å². The van der Waals surface area contributed by atoms with Gasteiger partial charge in [0.15, 0.2) is 5.15 Å². The third-order valence-electron chi connectivity index (χ3n) is 7.85. The normalized spacial score (nSPS) is 25.9. The second-order valence-electron chi connectivity index (χ2n) is 10.1. The quantitative estimate of drug-likeness (QED) is 0.501. The van der Waals surface area contributed by atoms with Crippen LogP contribution in [0.15, 0.2) is 36.5 Å². The Morgan fingerprint density at radius 3 is 2.58 bits per heavy atom. The Balaban J connectivity index is 1.22. The average Bonchev–Trinajstić information content (AvgIpc) is 3.25. The van der Waals surface area contributed by atoms with E-state index in [9.17, 15) is 13.2 Å². The van der Waals surface area contributed by atoms with Crippen LogP contribution in [0.4, 0.5) is 24.8 Å². The van der Waals surface area contributed by atoms with E-state index in [4.69, 9.17) is 21.7 Å². The topological polar surface area (TPSA) is 71.8 Å². The summed E-state index contributed by atoms with van der Waals surface area (Å²) in [6.45, 7) is 2.49. The molecule has 2 bridgehead atoms. The maximum atomic E-state index is 13.4. The molecule has 1 saturated heterocycles. The molecule has 1 unspecified atom stereocenters. The molecule has 6 rings (SSSR count). The smallest absolute Gasteiger partial charge is 0.369 e. The Kier molecular flexibility index (Phi) is 6.02. The van der Waals surface area contributed by atoms with Gasteiger partial charge in [-0.3, -0.25) is 0 Å². The lowest BCUT2D eigenvalue weighted by Gasteiger charge is -2.39. The summed E-state index contributed by atoms with van der Waals surface area (Å²) in [5, 5.41) is 16.6. The molecule has 0 amide bonds. The summed E-state index contributed by atoms with van der Waals surface area (Å²) < 4.78 is 41.9. The van der Waals surface area contributed by atoms with Gasteiger partial charge in [0.1, 0.15) is 5.82 Å². The van der Waals surface area contributed by atoms with E-state index < -0.39 is 11.7 Å². The van der Waals surface area contributed by atoms with Crippen molar-refractivity contribution in [2.75, 3.05) is 23.3 Å². The third-order valence-corrected chi connectivity index (χ3v) is 8.03. The second-order valence-corrected chi connectivity index (χ2v) is 10.5. The van der Waals surface area contributed by atoms with Gasteiger partial charge < -0.3 is 10.2 Å². The standard InChI is InChI=1S/C25H27ClF3N7/c26-21-11-19(12-30-33-21)35-13-16-7-8-17(14-35)22(16)31-24-32-23-20(6-1-2-9-36(23)34-24)15-4-3-5-18(10-15)25(27,28)29/h3-5,10-12,16-17,20,22H,1-2,6-9,13-14H2,(H,31,34)/t16-,17+,20-,22?/m0/s1. The monoisotopic (exact) mass is 517 g/mol. The number of rotatable bonds is 4. The van der Waals surface area contributed by atoms with E-state index >= 15 is 0 Å². The first-order valence-electron chi connectivity index (χ1n) is 12.5. The van der Waals surface area contributed by atoms with Crippen molar-refractivity contribution in [2.45, 2.75) is 56.8 Å². The van der Waals surface area contributed by atoms with Gasteiger partial charge >= 0.3 is 6.18 Å². The highest BCUT2D eigenvalue weighted by atomic mass is 35.5. The van der Waals surface area contributed by atoms with Crippen LogP contribution < -0.4 is 10.2 Å². The number of fused-ring (bicyclic) bond motifs is 3. The highest BCUT2D eigenvalue weighted by Gasteiger charge is 2.43.